The van der Waals surface area contributed by atoms with E-state index in [2.05, 4.69) is 17.7 Å². The summed E-state index contributed by atoms with van der Waals surface area (Å²) in [6.07, 6.45) is 7.44. The molecule has 26 heavy (non-hydrogen) atoms. The van der Waals surface area contributed by atoms with Gasteiger partial charge >= 0.3 is 7.12 Å². The van der Waals surface area contributed by atoms with Crippen LogP contribution in [0, 0.1) is 5.92 Å². The van der Waals surface area contributed by atoms with Crippen LogP contribution in [0.25, 0.3) is 0 Å². The molecule has 1 fully saturated rings. The second-order valence-corrected chi connectivity index (χ2v) is 9.60. The molecule has 0 aromatic heterocycles. The van der Waals surface area contributed by atoms with Crippen molar-refractivity contribution in [2.24, 2.45) is 5.92 Å². The van der Waals surface area contributed by atoms with E-state index in [-0.39, 0.29) is 30.1 Å². The molecule has 2 rings (SSSR count). The zero-order chi connectivity index (χ0) is 19.7. The molecule has 0 saturated carbocycles. The van der Waals surface area contributed by atoms with Gasteiger partial charge in [-0.05, 0) is 64.2 Å². The fourth-order valence-corrected chi connectivity index (χ4v) is 3.99. The normalized spacial score (nSPS) is 32.1. The average Bonchev–Trinajstić information content (AvgIpc) is 2.67. The van der Waals surface area contributed by atoms with Crippen LogP contribution in [0.15, 0.2) is 23.3 Å². The highest BCUT2D eigenvalue weighted by molar-refractivity contribution is 7.88. The van der Waals surface area contributed by atoms with Crippen LogP contribution in [-0.2, 0) is 25.5 Å². The number of allylic oxidation sites excluding steroid dienone is 2. The lowest BCUT2D eigenvalue weighted by Crippen LogP contribution is -2.41. The number of hydrogen-bond donors (Lipinski definition) is 1. The first-order chi connectivity index (χ1) is 11.9. The van der Waals surface area contributed by atoms with Gasteiger partial charge in [0.2, 0.25) is 0 Å². The minimum atomic E-state index is -1.16. The van der Waals surface area contributed by atoms with Crippen molar-refractivity contribution in [1.82, 2.24) is 4.72 Å². The van der Waals surface area contributed by atoms with Crippen LogP contribution in [0.5, 0.6) is 0 Å². The highest BCUT2D eigenvalue weighted by atomic mass is 32.2. The van der Waals surface area contributed by atoms with Gasteiger partial charge in [-0.25, -0.2) is 0 Å². The maximum Gasteiger partial charge on any atom is 0.462 e. The molecule has 1 saturated heterocycles. The molecule has 1 aliphatic heterocycles. The third-order valence-electron chi connectivity index (χ3n) is 5.52. The zero-order valence-corrected chi connectivity index (χ0v) is 17.9. The van der Waals surface area contributed by atoms with Crippen LogP contribution in [0.4, 0.5) is 0 Å². The van der Waals surface area contributed by atoms with Crippen molar-refractivity contribution in [3.05, 3.63) is 23.3 Å². The van der Waals surface area contributed by atoms with Gasteiger partial charge in [-0.15, -0.1) is 4.72 Å². The van der Waals surface area contributed by atoms with Gasteiger partial charge in [0.1, 0.15) is 6.26 Å². The smallest absolute Gasteiger partial charge is 0.462 e. The number of carbonyl (C=O) groups is 1. The zero-order valence-electron chi connectivity index (χ0n) is 17.0. The van der Waals surface area contributed by atoms with Crippen molar-refractivity contribution < 1.29 is 18.7 Å². The Hall–Kier alpha value is -0.595. The number of ketones is 1. The second kappa shape index (κ2) is 8.19. The summed E-state index contributed by atoms with van der Waals surface area (Å²) in [5.74, 6) is 0.404. The Morgan fingerprint density at radius 3 is 2.46 bits per heavy atom. The van der Waals surface area contributed by atoms with Crippen LogP contribution in [0.3, 0.4) is 0 Å². The van der Waals surface area contributed by atoms with Gasteiger partial charge in [0.15, 0.2) is 5.78 Å². The van der Waals surface area contributed by atoms with Crippen LogP contribution < -0.4 is 4.72 Å². The van der Waals surface area contributed by atoms with Gasteiger partial charge in [0.05, 0.1) is 17.2 Å². The molecular formula is C19H32BNO4S. The summed E-state index contributed by atoms with van der Waals surface area (Å²) >= 11 is -1.16. The van der Waals surface area contributed by atoms with E-state index in [1.54, 1.807) is 12.3 Å². The third kappa shape index (κ3) is 5.23. The van der Waals surface area contributed by atoms with Crippen LogP contribution >= 0.6 is 0 Å². The lowest BCUT2D eigenvalue weighted by atomic mass is 9.75. The number of hydrogen-bond acceptors (Lipinski definition) is 5. The Kier molecular flexibility index (Phi) is 6.84. The van der Waals surface area contributed by atoms with E-state index in [9.17, 15) is 9.35 Å². The minimum absolute atomic E-state index is 0.113. The van der Waals surface area contributed by atoms with E-state index >= 15 is 0 Å². The first-order valence-electron chi connectivity index (χ1n) is 9.32. The first kappa shape index (κ1) is 21.7. The van der Waals surface area contributed by atoms with E-state index < -0.39 is 11.4 Å². The summed E-state index contributed by atoms with van der Waals surface area (Å²) in [6, 6.07) is -0.191. The second-order valence-electron chi connectivity index (χ2n) is 8.46. The van der Waals surface area contributed by atoms with E-state index in [0.717, 1.165) is 17.6 Å². The molecule has 0 bridgehead atoms. The molecule has 0 aromatic carbocycles. The predicted molar refractivity (Wildman–Crippen MR) is 107 cm³/mol. The molecule has 3 atom stereocenters. The molecule has 5 nitrogen and oxygen atoms in total. The quantitative estimate of drug-likeness (QED) is 0.585. The summed E-state index contributed by atoms with van der Waals surface area (Å²) in [7, 11) is -0.365. The van der Waals surface area contributed by atoms with Gasteiger partial charge in [-0.1, -0.05) is 13.0 Å². The molecule has 1 aliphatic carbocycles. The summed E-state index contributed by atoms with van der Waals surface area (Å²) in [4.78, 5) is 12.3. The molecule has 0 amide bonds. The summed E-state index contributed by atoms with van der Waals surface area (Å²) in [6.45, 7) is 12.2. The lowest BCUT2D eigenvalue weighted by molar-refractivity contribution is -0.114. The van der Waals surface area contributed by atoms with Gasteiger partial charge in [0, 0.05) is 24.1 Å². The predicted octanol–water partition coefficient (Wildman–Crippen LogP) is 3.20. The van der Waals surface area contributed by atoms with Crippen molar-refractivity contribution in [1.29, 1.82) is 0 Å². The molecule has 1 heterocycles. The SMILES string of the molecule is CC1/C=C(CB2OC(C)(C)C(C)(C)O2)\C([C@H](C)N[S+](C)[O-])=C/C(=O)CC1. The minimum Gasteiger partial charge on any atom is -0.598 e. The standard InChI is InChI=1S/C19H32BNO4S/c1-13-8-9-16(22)11-17(14(2)21-26(7)23)15(10-13)12-20-24-18(3,4)19(5,6)25-20/h10-11,13-14,21H,8-9,12H2,1-7H3/b15-10-,17-11-/t13?,14-,26?/m0/s1. The molecule has 0 aromatic rings. The summed E-state index contributed by atoms with van der Waals surface area (Å²) in [5, 5.41) is 0. The molecule has 1 N–H and O–H groups in total. The topological polar surface area (TPSA) is 70.6 Å². The van der Waals surface area contributed by atoms with E-state index in [4.69, 9.17) is 9.31 Å². The molecule has 2 unspecified atom stereocenters. The fraction of sp³-hybridized carbons (Fsp3) is 0.737. The Labute approximate surface area is 161 Å². The van der Waals surface area contributed by atoms with Gasteiger partial charge in [-0.2, -0.15) is 0 Å². The Balaban J connectivity index is 2.29. The number of carbonyl (C=O) groups excluding carboxylic acids is 1. The van der Waals surface area contributed by atoms with Crippen molar-refractivity contribution in [2.45, 2.75) is 77.9 Å². The van der Waals surface area contributed by atoms with E-state index in [0.29, 0.717) is 18.7 Å². The molecule has 0 radical (unpaired) electrons. The third-order valence-corrected chi connectivity index (χ3v) is 6.20. The van der Waals surface area contributed by atoms with Crippen LogP contribution in [0.2, 0.25) is 6.32 Å². The van der Waals surface area contributed by atoms with Crippen molar-refractivity contribution >= 4 is 24.3 Å². The maximum absolute atomic E-state index is 12.3. The number of rotatable bonds is 5. The van der Waals surface area contributed by atoms with Gasteiger partial charge in [-0.3, -0.25) is 4.79 Å². The Morgan fingerprint density at radius 2 is 1.92 bits per heavy atom. The summed E-state index contributed by atoms with van der Waals surface area (Å²) < 4.78 is 27.0. The van der Waals surface area contributed by atoms with Crippen molar-refractivity contribution in [2.75, 3.05) is 6.26 Å². The van der Waals surface area contributed by atoms with Crippen molar-refractivity contribution in [3.8, 4) is 0 Å². The largest absolute Gasteiger partial charge is 0.598 e. The lowest BCUT2D eigenvalue weighted by Gasteiger charge is -2.32. The molecule has 0 spiro atoms. The monoisotopic (exact) mass is 381 g/mol. The first-order valence-corrected chi connectivity index (χ1v) is 10.9. The molecular weight excluding hydrogens is 349 g/mol. The summed E-state index contributed by atoms with van der Waals surface area (Å²) in [5.41, 5.74) is 1.14. The van der Waals surface area contributed by atoms with E-state index in [1.165, 1.54) is 0 Å². The maximum atomic E-state index is 12.3. The van der Waals surface area contributed by atoms with Crippen LogP contribution in [-0.4, -0.2) is 41.0 Å². The highest BCUT2D eigenvalue weighted by Gasteiger charge is 2.51. The van der Waals surface area contributed by atoms with Gasteiger partial charge in [0.25, 0.3) is 0 Å². The molecule has 146 valence electrons. The Bertz CT molecular complexity index is 584. The Morgan fingerprint density at radius 1 is 1.35 bits per heavy atom. The van der Waals surface area contributed by atoms with E-state index in [1.807, 2.05) is 34.6 Å². The highest BCUT2D eigenvalue weighted by Crippen LogP contribution is 2.39. The fourth-order valence-electron chi connectivity index (χ4n) is 3.36. The number of nitrogens with one attached hydrogen (secondary N) is 1. The van der Waals surface area contributed by atoms with Gasteiger partial charge < -0.3 is 13.9 Å². The van der Waals surface area contributed by atoms with Crippen molar-refractivity contribution in [3.63, 3.8) is 0 Å². The average molecular weight is 381 g/mol. The van der Waals surface area contributed by atoms with Crippen LogP contribution in [0.1, 0.15) is 54.4 Å². The molecule has 7 heteroatoms. The molecule has 2 aliphatic rings.